The van der Waals surface area contributed by atoms with E-state index < -0.39 is 0 Å². The summed E-state index contributed by atoms with van der Waals surface area (Å²) in [6.45, 7) is 0. The van der Waals surface area contributed by atoms with E-state index in [9.17, 15) is 0 Å². The summed E-state index contributed by atoms with van der Waals surface area (Å²) in [5.74, 6) is 0.707. The molecular formula is C6H6N4O. The summed E-state index contributed by atoms with van der Waals surface area (Å²) >= 11 is 0. The normalized spacial score (nSPS) is 10.3. The van der Waals surface area contributed by atoms with Crippen molar-refractivity contribution in [3.8, 4) is 11.5 Å². The third kappa shape index (κ3) is 0.899. The fourth-order valence-electron chi connectivity index (χ4n) is 0.838. The highest BCUT2D eigenvalue weighted by molar-refractivity contribution is 5.45. The number of hydrogen-bond donors (Lipinski definition) is 0. The molecule has 0 aliphatic carbocycles. The van der Waals surface area contributed by atoms with Crippen molar-refractivity contribution >= 4 is 0 Å². The molecule has 0 unspecified atom stereocenters. The molecule has 2 aromatic rings. The van der Waals surface area contributed by atoms with Gasteiger partial charge in [-0.3, -0.25) is 0 Å². The molecule has 11 heavy (non-hydrogen) atoms. The van der Waals surface area contributed by atoms with E-state index in [4.69, 9.17) is 4.42 Å². The van der Waals surface area contributed by atoms with E-state index in [-0.39, 0.29) is 0 Å². The van der Waals surface area contributed by atoms with Crippen LogP contribution in [0.3, 0.4) is 0 Å². The molecule has 2 heterocycles. The van der Waals surface area contributed by atoms with E-state index in [2.05, 4.69) is 15.2 Å². The van der Waals surface area contributed by atoms with Crippen LogP contribution in [0.2, 0.25) is 0 Å². The first-order valence-corrected chi connectivity index (χ1v) is 3.10. The van der Waals surface area contributed by atoms with Gasteiger partial charge in [0.25, 0.3) is 0 Å². The van der Waals surface area contributed by atoms with Crippen molar-refractivity contribution in [1.29, 1.82) is 0 Å². The molecule has 2 aromatic heterocycles. The Labute approximate surface area is 62.7 Å². The zero-order valence-electron chi connectivity index (χ0n) is 5.93. The van der Waals surface area contributed by atoms with E-state index in [0.29, 0.717) is 11.5 Å². The van der Waals surface area contributed by atoms with Gasteiger partial charge in [0.15, 0.2) is 12.2 Å². The molecule has 0 spiro atoms. The van der Waals surface area contributed by atoms with Crippen LogP contribution in [-0.4, -0.2) is 19.7 Å². The minimum Gasteiger partial charge on any atom is -0.451 e. The lowest BCUT2D eigenvalue weighted by Gasteiger charge is -1.91. The number of nitrogens with zero attached hydrogens (tertiary/aromatic N) is 4. The van der Waals surface area contributed by atoms with Gasteiger partial charge in [-0.05, 0) is 0 Å². The lowest BCUT2D eigenvalue weighted by atomic mass is 10.4. The average molecular weight is 150 g/mol. The van der Waals surface area contributed by atoms with Gasteiger partial charge in [0.05, 0.1) is 0 Å². The minimum absolute atomic E-state index is 0.699. The van der Waals surface area contributed by atoms with Crippen LogP contribution in [0.25, 0.3) is 11.5 Å². The quantitative estimate of drug-likeness (QED) is 0.593. The van der Waals surface area contributed by atoms with Crippen LogP contribution in [0.1, 0.15) is 0 Å². The first-order valence-electron chi connectivity index (χ1n) is 3.10. The molecule has 5 nitrogen and oxygen atoms in total. The molecule has 0 N–H and O–H groups in total. The Hall–Kier alpha value is -1.65. The number of hydrogen-bond acceptors (Lipinski definition) is 4. The van der Waals surface area contributed by atoms with Crippen molar-refractivity contribution in [2.24, 2.45) is 7.05 Å². The zero-order valence-corrected chi connectivity index (χ0v) is 5.93. The van der Waals surface area contributed by atoms with Crippen LogP contribution >= 0.6 is 0 Å². The molecule has 0 aliphatic rings. The first-order chi connectivity index (χ1) is 5.38. The van der Waals surface area contributed by atoms with Crippen molar-refractivity contribution in [3.63, 3.8) is 0 Å². The van der Waals surface area contributed by atoms with Gasteiger partial charge >= 0.3 is 0 Å². The highest BCUT2D eigenvalue weighted by Crippen LogP contribution is 2.10. The molecule has 0 saturated carbocycles. The van der Waals surface area contributed by atoms with Gasteiger partial charge in [-0.25, -0.2) is 4.98 Å². The topological polar surface area (TPSA) is 56.7 Å². The first kappa shape index (κ1) is 6.09. The second-order valence-electron chi connectivity index (χ2n) is 2.14. The van der Waals surface area contributed by atoms with E-state index in [1.54, 1.807) is 10.9 Å². The van der Waals surface area contributed by atoms with Crippen molar-refractivity contribution in [1.82, 2.24) is 19.7 Å². The number of aryl methyl sites for hydroxylation is 1. The summed E-state index contributed by atoms with van der Waals surface area (Å²) in [6.07, 6.45) is 4.51. The SMILES string of the molecule is Cn1cnnc1-c1cocn1. The fraction of sp³-hybridized carbons (Fsp3) is 0.167. The Morgan fingerprint density at radius 2 is 2.45 bits per heavy atom. The van der Waals surface area contributed by atoms with Gasteiger partial charge in [-0.2, -0.15) is 0 Å². The van der Waals surface area contributed by atoms with E-state index in [0.717, 1.165) is 0 Å². The van der Waals surface area contributed by atoms with Gasteiger partial charge in [-0.15, -0.1) is 10.2 Å². The van der Waals surface area contributed by atoms with Gasteiger partial charge in [0.2, 0.25) is 0 Å². The second-order valence-corrected chi connectivity index (χ2v) is 2.14. The average Bonchev–Trinajstić information content (AvgIpc) is 2.55. The maximum atomic E-state index is 4.80. The highest BCUT2D eigenvalue weighted by atomic mass is 16.3. The maximum absolute atomic E-state index is 4.80. The lowest BCUT2D eigenvalue weighted by Crippen LogP contribution is -1.90. The summed E-state index contributed by atoms with van der Waals surface area (Å²) in [7, 11) is 1.85. The Kier molecular flexibility index (Phi) is 1.21. The van der Waals surface area contributed by atoms with Crippen molar-refractivity contribution in [2.75, 3.05) is 0 Å². The lowest BCUT2D eigenvalue weighted by molar-refractivity contribution is 0.558. The van der Waals surface area contributed by atoms with E-state index >= 15 is 0 Å². The monoisotopic (exact) mass is 150 g/mol. The summed E-state index contributed by atoms with van der Waals surface area (Å²) in [4.78, 5) is 3.93. The van der Waals surface area contributed by atoms with E-state index in [1.165, 1.54) is 12.7 Å². The smallest absolute Gasteiger partial charge is 0.185 e. The largest absolute Gasteiger partial charge is 0.451 e. The highest BCUT2D eigenvalue weighted by Gasteiger charge is 2.05. The summed E-state index contributed by atoms with van der Waals surface area (Å²) < 4.78 is 6.58. The summed E-state index contributed by atoms with van der Waals surface area (Å²) in [6, 6.07) is 0. The van der Waals surface area contributed by atoms with E-state index in [1.807, 2.05) is 7.05 Å². The van der Waals surface area contributed by atoms with Crippen molar-refractivity contribution in [2.45, 2.75) is 0 Å². The molecule has 0 radical (unpaired) electrons. The number of aromatic nitrogens is 4. The van der Waals surface area contributed by atoms with Crippen LogP contribution in [0.15, 0.2) is 23.4 Å². The predicted molar refractivity (Wildman–Crippen MR) is 36.5 cm³/mol. The molecule has 0 atom stereocenters. The summed E-state index contributed by atoms with van der Waals surface area (Å²) in [5.41, 5.74) is 0.699. The number of oxazole rings is 1. The maximum Gasteiger partial charge on any atom is 0.185 e. The van der Waals surface area contributed by atoms with Gasteiger partial charge < -0.3 is 8.98 Å². The van der Waals surface area contributed by atoms with Gasteiger partial charge in [-0.1, -0.05) is 0 Å². The Balaban J connectivity index is 2.53. The molecule has 5 heteroatoms. The van der Waals surface area contributed by atoms with Crippen molar-refractivity contribution < 1.29 is 4.42 Å². The molecule has 0 aliphatic heterocycles. The third-order valence-corrected chi connectivity index (χ3v) is 1.37. The van der Waals surface area contributed by atoms with Gasteiger partial charge in [0.1, 0.15) is 18.3 Å². The molecule has 0 fully saturated rings. The molecule has 2 rings (SSSR count). The fourth-order valence-corrected chi connectivity index (χ4v) is 0.838. The molecule has 56 valence electrons. The van der Waals surface area contributed by atoms with Crippen LogP contribution in [0.4, 0.5) is 0 Å². The second kappa shape index (κ2) is 2.19. The van der Waals surface area contributed by atoms with Crippen molar-refractivity contribution in [3.05, 3.63) is 19.0 Å². The number of rotatable bonds is 1. The van der Waals surface area contributed by atoms with Crippen LogP contribution in [-0.2, 0) is 7.05 Å². The zero-order chi connectivity index (χ0) is 7.68. The Bertz CT molecular complexity index is 337. The van der Waals surface area contributed by atoms with Crippen LogP contribution in [0.5, 0.6) is 0 Å². The van der Waals surface area contributed by atoms with Gasteiger partial charge in [0, 0.05) is 7.05 Å². The third-order valence-electron chi connectivity index (χ3n) is 1.37. The minimum atomic E-state index is 0.699. The summed E-state index contributed by atoms with van der Waals surface area (Å²) in [5, 5.41) is 7.56. The van der Waals surface area contributed by atoms with Crippen LogP contribution in [0, 0.1) is 0 Å². The van der Waals surface area contributed by atoms with Crippen LogP contribution < -0.4 is 0 Å². The molecule has 0 amide bonds. The molecular weight excluding hydrogens is 144 g/mol. The predicted octanol–water partition coefficient (Wildman–Crippen LogP) is 0.470. The molecule has 0 aromatic carbocycles. The Morgan fingerprint density at radius 1 is 1.55 bits per heavy atom. The molecule has 0 saturated heterocycles. The Morgan fingerprint density at radius 3 is 3.00 bits per heavy atom. The standard InChI is InChI=1S/C6H6N4O/c1-10-3-8-9-6(10)5-2-11-4-7-5/h2-4H,1H3. The molecule has 0 bridgehead atoms.